The van der Waals surface area contributed by atoms with Gasteiger partial charge in [-0.1, -0.05) is 30.7 Å². The van der Waals surface area contributed by atoms with Gasteiger partial charge in [0.2, 0.25) is 0 Å². The van der Waals surface area contributed by atoms with Crippen molar-refractivity contribution in [1.82, 2.24) is 10.6 Å². The number of aliphatic hydroxyl groups is 1. The molecule has 1 fully saturated rings. The minimum absolute atomic E-state index is 0.00331. The maximum atomic E-state index is 13.0. The second-order valence-electron chi connectivity index (χ2n) is 7.22. The highest BCUT2D eigenvalue weighted by Gasteiger charge is 2.28. The van der Waals surface area contributed by atoms with Gasteiger partial charge >= 0.3 is 0 Å². The molecule has 3 rings (SSSR count). The van der Waals surface area contributed by atoms with E-state index in [1.54, 1.807) is 6.07 Å². The molecule has 1 saturated carbocycles. The van der Waals surface area contributed by atoms with Crippen molar-refractivity contribution >= 4 is 23.4 Å². The van der Waals surface area contributed by atoms with Crippen LogP contribution in [0.3, 0.4) is 0 Å². The Morgan fingerprint density at radius 3 is 2.54 bits per heavy atom. The predicted octanol–water partition coefficient (Wildman–Crippen LogP) is 3.48. The number of hydrogen-bond acceptors (Lipinski definition) is 4. The summed E-state index contributed by atoms with van der Waals surface area (Å²) in [5, 5.41) is 15.8. The molecule has 150 valence electrons. The van der Waals surface area contributed by atoms with Gasteiger partial charge in [0.15, 0.2) is 5.76 Å². The van der Waals surface area contributed by atoms with Gasteiger partial charge in [0.1, 0.15) is 5.76 Å². The lowest BCUT2D eigenvalue weighted by Crippen LogP contribution is -2.38. The Morgan fingerprint density at radius 1 is 1.18 bits per heavy atom. The van der Waals surface area contributed by atoms with Crippen molar-refractivity contribution in [2.75, 3.05) is 7.05 Å². The third-order valence-electron chi connectivity index (χ3n) is 5.23. The van der Waals surface area contributed by atoms with Gasteiger partial charge in [-0.2, -0.15) is 0 Å². The molecule has 1 heterocycles. The van der Waals surface area contributed by atoms with Crippen LogP contribution in [-0.2, 0) is 0 Å². The maximum Gasteiger partial charge on any atom is 0.286 e. The van der Waals surface area contributed by atoms with Crippen molar-refractivity contribution in [2.45, 2.75) is 50.7 Å². The van der Waals surface area contributed by atoms with E-state index in [0.717, 1.165) is 18.4 Å². The summed E-state index contributed by atoms with van der Waals surface area (Å²) in [5.41, 5.74) is 1.23. The number of halogens is 1. The van der Waals surface area contributed by atoms with E-state index in [9.17, 15) is 14.7 Å². The summed E-state index contributed by atoms with van der Waals surface area (Å²) in [5.74, 6) is -0.403. The molecule has 0 saturated heterocycles. The lowest BCUT2D eigenvalue weighted by atomic mass is 9.92. The fraction of sp³-hybridized carbons (Fsp3) is 0.429. The molecule has 0 radical (unpaired) electrons. The Kier molecular flexibility index (Phi) is 6.42. The number of aliphatic hydroxyl groups excluding tert-OH is 1. The van der Waals surface area contributed by atoms with E-state index in [2.05, 4.69) is 10.6 Å². The third-order valence-corrected chi connectivity index (χ3v) is 5.47. The number of furan rings is 1. The van der Waals surface area contributed by atoms with E-state index in [1.165, 1.54) is 13.1 Å². The number of amides is 2. The number of rotatable bonds is 5. The van der Waals surface area contributed by atoms with Crippen molar-refractivity contribution in [2.24, 2.45) is 0 Å². The Hall–Kier alpha value is -2.31. The molecule has 1 aromatic heterocycles. The summed E-state index contributed by atoms with van der Waals surface area (Å²) in [6.07, 6.45) is 2.51. The van der Waals surface area contributed by atoms with Crippen molar-refractivity contribution in [1.29, 1.82) is 0 Å². The molecule has 1 aromatic carbocycles. The van der Waals surface area contributed by atoms with E-state index < -0.39 is 0 Å². The summed E-state index contributed by atoms with van der Waals surface area (Å²) < 4.78 is 5.79. The van der Waals surface area contributed by atoms with Crippen molar-refractivity contribution in [3.05, 3.63) is 58.0 Å². The van der Waals surface area contributed by atoms with Crippen LogP contribution in [0.5, 0.6) is 0 Å². The first-order chi connectivity index (χ1) is 13.4. The molecule has 7 heteroatoms. The SMILES string of the molecule is CNC(=O)c1cc(C(=O)N[C@H]2CC[C@H](O)CC2)c([C@H](C)c2cccc(Cl)c2)o1. The summed E-state index contributed by atoms with van der Waals surface area (Å²) >= 11 is 6.10. The Morgan fingerprint density at radius 2 is 1.89 bits per heavy atom. The molecule has 1 aliphatic carbocycles. The van der Waals surface area contributed by atoms with E-state index in [-0.39, 0.29) is 35.6 Å². The highest BCUT2D eigenvalue weighted by atomic mass is 35.5. The number of carbonyl (C=O) groups excluding carboxylic acids is 2. The molecular formula is C21H25ClN2O4. The molecule has 0 unspecified atom stereocenters. The van der Waals surface area contributed by atoms with Gasteiger partial charge in [-0.3, -0.25) is 9.59 Å². The molecule has 28 heavy (non-hydrogen) atoms. The highest BCUT2D eigenvalue weighted by molar-refractivity contribution is 6.30. The van der Waals surface area contributed by atoms with Crippen molar-refractivity contribution in [3.63, 3.8) is 0 Å². The van der Waals surface area contributed by atoms with E-state index >= 15 is 0 Å². The smallest absolute Gasteiger partial charge is 0.286 e. The normalized spacial score (nSPS) is 20.4. The van der Waals surface area contributed by atoms with Crippen molar-refractivity contribution in [3.8, 4) is 0 Å². The van der Waals surface area contributed by atoms with Crippen LogP contribution in [0.2, 0.25) is 5.02 Å². The second-order valence-corrected chi connectivity index (χ2v) is 7.66. The first-order valence-electron chi connectivity index (χ1n) is 9.49. The lowest BCUT2D eigenvalue weighted by Gasteiger charge is -2.26. The average molecular weight is 405 g/mol. The molecule has 6 nitrogen and oxygen atoms in total. The monoisotopic (exact) mass is 404 g/mol. The van der Waals surface area contributed by atoms with Crippen LogP contribution in [0.4, 0.5) is 0 Å². The van der Waals surface area contributed by atoms with Crippen LogP contribution < -0.4 is 10.6 Å². The van der Waals surface area contributed by atoms with Gasteiger partial charge < -0.3 is 20.2 Å². The molecular weight excluding hydrogens is 380 g/mol. The topological polar surface area (TPSA) is 91.6 Å². The predicted molar refractivity (Wildman–Crippen MR) is 107 cm³/mol. The molecule has 0 bridgehead atoms. The molecule has 1 aliphatic rings. The van der Waals surface area contributed by atoms with Gasteiger partial charge in [-0.15, -0.1) is 0 Å². The maximum absolute atomic E-state index is 13.0. The quantitative estimate of drug-likeness (QED) is 0.711. The largest absolute Gasteiger partial charge is 0.454 e. The second kappa shape index (κ2) is 8.80. The first kappa shape index (κ1) is 20.4. The highest BCUT2D eigenvalue weighted by Crippen LogP contribution is 2.31. The summed E-state index contributed by atoms with van der Waals surface area (Å²) in [6, 6.07) is 8.83. The van der Waals surface area contributed by atoms with Crippen LogP contribution in [0.25, 0.3) is 0 Å². The average Bonchev–Trinajstić information content (AvgIpc) is 3.14. The standard InChI is InChI=1S/C21H25ClN2O4/c1-12(13-4-3-5-14(22)10-13)19-17(11-18(28-19)21(27)23-2)20(26)24-15-6-8-16(25)9-7-15/h3-5,10-12,15-16,25H,6-9H2,1-2H3,(H,23,27)(H,24,26)/t12-,15-,16-/m1/s1. The van der Waals surface area contributed by atoms with E-state index in [4.69, 9.17) is 16.0 Å². The van der Waals surface area contributed by atoms with Crippen LogP contribution in [-0.4, -0.2) is 36.1 Å². The van der Waals surface area contributed by atoms with Gasteiger partial charge in [-0.25, -0.2) is 0 Å². The zero-order chi connectivity index (χ0) is 20.3. The minimum atomic E-state index is -0.389. The fourth-order valence-corrected chi connectivity index (χ4v) is 3.75. The van der Waals surface area contributed by atoms with Gasteiger partial charge in [-0.05, 0) is 43.4 Å². The molecule has 2 aromatic rings. The third kappa shape index (κ3) is 4.56. The molecule has 1 atom stereocenters. The minimum Gasteiger partial charge on any atom is -0.454 e. The molecule has 2 amide bonds. The first-order valence-corrected chi connectivity index (χ1v) is 9.87. The van der Waals surface area contributed by atoms with Crippen LogP contribution in [0, 0.1) is 0 Å². The zero-order valence-corrected chi connectivity index (χ0v) is 16.8. The number of nitrogens with one attached hydrogen (secondary N) is 2. The Balaban J connectivity index is 1.89. The van der Waals surface area contributed by atoms with Gasteiger partial charge in [0, 0.05) is 30.1 Å². The number of carbonyl (C=O) groups is 2. The van der Waals surface area contributed by atoms with Crippen LogP contribution in [0.15, 0.2) is 34.7 Å². The fourth-order valence-electron chi connectivity index (χ4n) is 3.55. The Bertz CT molecular complexity index is 856. The van der Waals surface area contributed by atoms with E-state index in [1.807, 2.05) is 25.1 Å². The van der Waals surface area contributed by atoms with Crippen LogP contribution >= 0.6 is 11.6 Å². The van der Waals surface area contributed by atoms with E-state index in [0.29, 0.717) is 29.2 Å². The van der Waals surface area contributed by atoms with Gasteiger partial charge in [0.05, 0.1) is 11.7 Å². The lowest BCUT2D eigenvalue weighted by molar-refractivity contribution is 0.0864. The zero-order valence-electron chi connectivity index (χ0n) is 16.0. The number of hydrogen-bond donors (Lipinski definition) is 3. The van der Waals surface area contributed by atoms with Gasteiger partial charge in [0.25, 0.3) is 11.8 Å². The number of benzene rings is 1. The van der Waals surface area contributed by atoms with Crippen LogP contribution in [0.1, 0.15) is 70.8 Å². The summed E-state index contributed by atoms with van der Waals surface area (Å²) in [4.78, 5) is 25.0. The molecule has 3 N–H and O–H groups in total. The Labute approximate surface area is 169 Å². The molecule has 0 spiro atoms. The summed E-state index contributed by atoms with van der Waals surface area (Å²) in [7, 11) is 1.51. The molecule has 0 aliphatic heterocycles. The summed E-state index contributed by atoms with van der Waals surface area (Å²) in [6.45, 7) is 1.91. The van der Waals surface area contributed by atoms with Crippen molar-refractivity contribution < 1.29 is 19.1 Å².